The first kappa shape index (κ1) is 25.8. The number of nitrogens with zero attached hydrogens (tertiary/aromatic N) is 1. The van der Waals surface area contributed by atoms with E-state index in [2.05, 4.69) is 9.69 Å². The summed E-state index contributed by atoms with van der Waals surface area (Å²) in [5.41, 5.74) is 8.67. The number of benzene rings is 2. The summed E-state index contributed by atoms with van der Waals surface area (Å²) < 4.78 is 26.1. The summed E-state index contributed by atoms with van der Waals surface area (Å²) in [6.07, 6.45) is 1.54. The lowest BCUT2D eigenvalue weighted by Gasteiger charge is -2.16. The van der Waals surface area contributed by atoms with Gasteiger partial charge in [0.1, 0.15) is 5.75 Å². The summed E-state index contributed by atoms with van der Waals surface area (Å²) in [5.74, 6) is 0.425. The maximum Gasteiger partial charge on any atom is 0.303 e. The van der Waals surface area contributed by atoms with Gasteiger partial charge in [0, 0.05) is 23.7 Å². The molecule has 1 heterocycles. The number of carboxylic acid groups (broad SMARTS) is 1. The van der Waals surface area contributed by atoms with Crippen molar-refractivity contribution < 1.29 is 33.6 Å². The Morgan fingerprint density at radius 1 is 1.00 bits per heavy atom. The van der Waals surface area contributed by atoms with Crippen LogP contribution in [0.3, 0.4) is 0 Å². The number of amides is 1. The topological polar surface area (TPSA) is 142 Å². The Morgan fingerprint density at radius 2 is 1.66 bits per heavy atom. The van der Waals surface area contributed by atoms with Gasteiger partial charge >= 0.3 is 5.97 Å². The smallest absolute Gasteiger partial charge is 0.303 e. The average Bonchev–Trinajstić information content (AvgIpc) is 3.36. The molecule has 4 N–H and O–H groups in total. The largest absolute Gasteiger partial charge is 0.495 e. The third-order valence-corrected chi connectivity index (χ3v) is 6.12. The van der Waals surface area contributed by atoms with Crippen LogP contribution in [0.1, 0.15) is 12.8 Å². The number of nitrogens with two attached hydrogens (primary N) is 1. The van der Waals surface area contributed by atoms with Gasteiger partial charge in [0.25, 0.3) is 0 Å². The van der Waals surface area contributed by atoms with Crippen molar-refractivity contribution >= 4 is 29.1 Å². The van der Waals surface area contributed by atoms with Gasteiger partial charge < -0.3 is 35.1 Å². The number of hydrogen-bond acceptors (Lipinski definition) is 9. The molecule has 1 atom stereocenters. The molecule has 2 aromatic carbocycles. The van der Waals surface area contributed by atoms with Crippen LogP contribution in [0.15, 0.2) is 36.5 Å². The second kappa shape index (κ2) is 11.5. The molecule has 0 radical (unpaired) electrons. The van der Waals surface area contributed by atoms with Gasteiger partial charge in [-0.2, -0.15) is 4.37 Å². The van der Waals surface area contributed by atoms with Crippen molar-refractivity contribution in [3.8, 4) is 44.6 Å². The third-order valence-electron chi connectivity index (χ3n) is 5.27. The number of aliphatic carboxylic acids is 1. The Kier molecular flexibility index (Phi) is 8.50. The molecular weight excluding hydrogens is 474 g/mol. The van der Waals surface area contributed by atoms with Gasteiger partial charge in [-0.25, -0.2) is 0 Å². The van der Waals surface area contributed by atoms with E-state index in [0.29, 0.717) is 28.7 Å². The minimum Gasteiger partial charge on any atom is -0.495 e. The van der Waals surface area contributed by atoms with Gasteiger partial charge in [0.2, 0.25) is 11.7 Å². The van der Waals surface area contributed by atoms with Crippen molar-refractivity contribution in [2.75, 3.05) is 33.8 Å². The molecular formula is C24H27N3O7S. The standard InChI is InChI=1S/C24H27N3O7S/c1-31-18-7-5-13(9-17(18)27-24(30)16(25)6-8-21(28)29)15-12-26-35-23(15)14-10-19(32-2)22(34-4)20(11-14)33-3/h5,7,9-12,16H,6,8,25H2,1-4H3,(H,27,30)(H,28,29)/t16-/m1/s1. The molecule has 10 nitrogen and oxygen atoms in total. The lowest BCUT2D eigenvalue weighted by molar-refractivity contribution is -0.137. The minimum absolute atomic E-state index is 0.0168. The van der Waals surface area contributed by atoms with Crippen LogP contribution < -0.4 is 30.0 Å². The molecule has 3 rings (SSSR count). The molecule has 0 saturated carbocycles. The summed E-state index contributed by atoms with van der Waals surface area (Å²) in [6, 6.07) is 8.04. The van der Waals surface area contributed by atoms with Gasteiger partial charge in [-0.15, -0.1) is 0 Å². The van der Waals surface area contributed by atoms with Crippen LogP contribution >= 0.6 is 11.5 Å². The highest BCUT2D eigenvalue weighted by molar-refractivity contribution is 7.10. The van der Waals surface area contributed by atoms with E-state index in [-0.39, 0.29) is 12.8 Å². The fourth-order valence-corrected chi connectivity index (χ4v) is 4.23. The fraction of sp³-hybridized carbons (Fsp3) is 0.292. The van der Waals surface area contributed by atoms with Crippen molar-refractivity contribution in [3.63, 3.8) is 0 Å². The second-order valence-corrected chi connectivity index (χ2v) is 8.23. The predicted molar refractivity (Wildman–Crippen MR) is 133 cm³/mol. The summed E-state index contributed by atoms with van der Waals surface area (Å²) in [6.45, 7) is 0. The van der Waals surface area contributed by atoms with E-state index in [4.69, 9.17) is 29.8 Å². The Balaban J connectivity index is 1.98. The van der Waals surface area contributed by atoms with Gasteiger partial charge in [-0.1, -0.05) is 6.07 Å². The molecule has 11 heteroatoms. The Morgan fingerprint density at radius 3 is 2.23 bits per heavy atom. The zero-order valence-electron chi connectivity index (χ0n) is 19.8. The molecule has 0 saturated heterocycles. The maximum atomic E-state index is 12.5. The van der Waals surface area contributed by atoms with Crippen LogP contribution in [0, 0.1) is 0 Å². The van der Waals surface area contributed by atoms with Gasteiger partial charge in [0.05, 0.1) is 45.0 Å². The number of carbonyl (C=O) groups is 2. The molecule has 35 heavy (non-hydrogen) atoms. The molecule has 0 aliphatic rings. The molecule has 0 bridgehead atoms. The monoisotopic (exact) mass is 501 g/mol. The van der Waals surface area contributed by atoms with Crippen LogP contribution in [0.25, 0.3) is 21.6 Å². The second-order valence-electron chi connectivity index (χ2n) is 7.43. The number of nitrogens with one attached hydrogen (secondary N) is 1. The number of aromatic nitrogens is 1. The van der Waals surface area contributed by atoms with E-state index in [1.54, 1.807) is 39.7 Å². The van der Waals surface area contributed by atoms with Crippen LogP contribution in [-0.4, -0.2) is 55.8 Å². The summed E-state index contributed by atoms with van der Waals surface area (Å²) in [5, 5.41) is 11.6. The van der Waals surface area contributed by atoms with Crippen molar-refractivity contribution in [2.45, 2.75) is 18.9 Å². The van der Waals surface area contributed by atoms with Crippen molar-refractivity contribution in [1.82, 2.24) is 4.37 Å². The minimum atomic E-state index is -1.02. The third kappa shape index (κ3) is 5.81. The first-order chi connectivity index (χ1) is 16.8. The van der Waals surface area contributed by atoms with E-state index >= 15 is 0 Å². The first-order valence-corrected chi connectivity index (χ1v) is 11.3. The highest BCUT2D eigenvalue weighted by atomic mass is 32.1. The number of methoxy groups -OCH3 is 4. The molecule has 1 aromatic heterocycles. The van der Waals surface area contributed by atoms with E-state index in [0.717, 1.165) is 21.6 Å². The van der Waals surface area contributed by atoms with Crippen molar-refractivity contribution in [2.24, 2.45) is 5.73 Å². The summed E-state index contributed by atoms with van der Waals surface area (Å²) in [7, 11) is 6.13. The number of anilines is 1. The molecule has 0 fully saturated rings. The lowest BCUT2D eigenvalue weighted by atomic mass is 10.0. The Hall–Kier alpha value is -3.83. The molecule has 0 aliphatic carbocycles. The van der Waals surface area contributed by atoms with Crippen molar-refractivity contribution in [1.29, 1.82) is 0 Å². The van der Waals surface area contributed by atoms with Gasteiger partial charge in [-0.3, -0.25) is 9.59 Å². The number of carbonyl (C=O) groups excluding carboxylic acids is 1. The van der Waals surface area contributed by atoms with E-state index < -0.39 is 17.9 Å². The quantitative estimate of drug-likeness (QED) is 0.359. The van der Waals surface area contributed by atoms with Crippen LogP contribution in [0.5, 0.6) is 23.0 Å². The number of hydrogen-bond donors (Lipinski definition) is 3. The zero-order valence-corrected chi connectivity index (χ0v) is 20.6. The van der Waals surface area contributed by atoms with Crippen molar-refractivity contribution in [3.05, 3.63) is 36.5 Å². The Bertz CT molecular complexity index is 1190. The summed E-state index contributed by atoms with van der Waals surface area (Å²) >= 11 is 1.30. The first-order valence-electron chi connectivity index (χ1n) is 10.5. The average molecular weight is 502 g/mol. The molecule has 0 unspecified atom stereocenters. The fourth-order valence-electron chi connectivity index (χ4n) is 3.47. The SMILES string of the molecule is COc1ccc(-c2cnsc2-c2cc(OC)c(OC)c(OC)c2)cc1NC(=O)[C@H](N)CCC(=O)O. The molecule has 186 valence electrons. The number of rotatable bonds is 11. The predicted octanol–water partition coefficient (Wildman–Crippen LogP) is 3.64. The van der Waals surface area contributed by atoms with Crippen LogP contribution in [0.2, 0.25) is 0 Å². The molecule has 0 spiro atoms. The van der Waals surface area contributed by atoms with E-state index in [9.17, 15) is 9.59 Å². The maximum absolute atomic E-state index is 12.5. The normalized spacial score (nSPS) is 11.5. The van der Waals surface area contributed by atoms with E-state index in [1.165, 1.54) is 18.6 Å². The van der Waals surface area contributed by atoms with Crippen LogP contribution in [0.4, 0.5) is 5.69 Å². The molecule has 3 aromatic rings. The Labute approximate surface area is 206 Å². The molecule has 1 amide bonds. The number of carboxylic acids is 1. The zero-order chi connectivity index (χ0) is 25.5. The summed E-state index contributed by atoms with van der Waals surface area (Å²) in [4.78, 5) is 24.2. The lowest BCUT2D eigenvalue weighted by Crippen LogP contribution is -2.36. The van der Waals surface area contributed by atoms with Gasteiger partial charge in [-0.05, 0) is 47.8 Å². The van der Waals surface area contributed by atoms with E-state index in [1.807, 2.05) is 18.2 Å². The number of ether oxygens (including phenoxy) is 4. The highest BCUT2D eigenvalue weighted by Gasteiger charge is 2.20. The highest BCUT2D eigenvalue weighted by Crippen LogP contribution is 2.45. The van der Waals surface area contributed by atoms with Gasteiger partial charge in [0.15, 0.2) is 11.5 Å². The van der Waals surface area contributed by atoms with Crippen LogP contribution in [-0.2, 0) is 9.59 Å². The molecule has 0 aliphatic heterocycles.